The zero-order valence-corrected chi connectivity index (χ0v) is 14.7. The summed E-state index contributed by atoms with van der Waals surface area (Å²) in [7, 11) is 0. The molecular formula is C19H15BrClNO. The predicted octanol–water partition coefficient (Wildman–Crippen LogP) is 5.88. The molecule has 0 aliphatic rings. The van der Waals surface area contributed by atoms with Crippen molar-refractivity contribution < 1.29 is 4.74 Å². The Labute approximate surface area is 149 Å². The lowest BCUT2D eigenvalue weighted by atomic mass is 10.1. The van der Waals surface area contributed by atoms with Gasteiger partial charge in [-0.15, -0.1) is 0 Å². The van der Waals surface area contributed by atoms with Gasteiger partial charge in [-0.2, -0.15) is 0 Å². The second kappa shape index (κ2) is 7.62. The Bertz CT molecular complexity index is 772. The number of alkyl halides is 1. The highest BCUT2D eigenvalue weighted by atomic mass is 79.9. The van der Waals surface area contributed by atoms with Crippen LogP contribution in [-0.4, -0.2) is 4.98 Å². The lowest BCUT2D eigenvalue weighted by Crippen LogP contribution is -1.99. The fourth-order valence-electron chi connectivity index (χ4n) is 2.23. The summed E-state index contributed by atoms with van der Waals surface area (Å²) in [6.07, 6.45) is 0. The molecule has 0 amide bonds. The fraction of sp³-hybridized carbons (Fsp3) is 0.105. The Kier molecular flexibility index (Phi) is 5.31. The van der Waals surface area contributed by atoms with Gasteiger partial charge in [0.2, 0.25) is 0 Å². The summed E-state index contributed by atoms with van der Waals surface area (Å²) in [5.74, 6) is 0.828. The molecule has 0 fully saturated rings. The molecule has 3 rings (SSSR count). The molecule has 1 aromatic heterocycles. The van der Waals surface area contributed by atoms with Crippen molar-refractivity contribution in [3.05, 3.63) is 83.1 Å². The highest BCUT2D eigenvalue weighted by molar-refractivity contribution is 9.08. The number of rotatable bonds is 5. The van der Waals surface area contributed by atoms with Gasteiger partial charge < -0.3 is 4.74 Å². The Morgan fingerprint density at radius 2 is 1.43 bits per heavy atom. The molecule has 2 nitrogen and oxygen atoms in total. The molecule has 0 aliphatic carbocycles. The Hall–Kier alpha value is -1.84. The highest BCUT2D eigenvalue weighted by Crippen LogP contribution is 2.24. The Morgan fingerprint density at radius 1 is 0.826 bits per heavy atom. The SMILES string of the molecule is Clc1ccc(-c2ccc(OCc3cccc(CBr)n3)cc2)cc1. The summed E-state index contributed by atoms with van der Waals surface area (Å²) in [5.41, 5.74) is 4.19. The molecule has 0 spiro atoms. The third kappa shape index (κ3) is 4.34. The van der Waals surface area contributed by atoms with Crippen LogP contribution in [0.15, 0.2) is 66.7 Å². The van der Waals surface area contributed by atoms with Crippen molar-refractivity contribution in [2.24, 2.45) is 0 Å². The number of benzene rings is 2. The summed E-state index contributed by atoms with van der Waals surface area (Å²) in [5, 5.41) is 1.49. The molecule has 0 atom stereocenters. The van der Waals surface area contributed by atoms with Crippen LogP contribution in [0.2, 0.25) is 5.02 Å². The number of pyridine rings is 1. The van der Waals surface area contributed by atoms with E-state index in [-0.39, 0.29) is 0 Å². The average Bonchev–Trinajstić information content (AvgIpc) is 2.61. The van der Waals surface area contributed by atoms with E-state index in [1.807, 2.05) is 66.7 Å². The second-order valence-corrected chi connectivity index (χ2v) is 6.07. The van der Waals surface area contributed by atoms with Crippen LogP contribution in [-0.2, 0) is 11.9 Å². The molecule has 0 saturated carbocycles. The highest BCUT2D eigenvalue weighted by Gasteiger charge is 2.01. The number of hydrogen-bond donors (Lipinski definition) is 0. The summed E-state index contributed by atoms with van der Waals surface area (Å²) in [6, 6.07) is 21.8. The summed E-state index contributed by atoms with van der Waals surface area (Å²) >= 11 is 9.33. The second-order valence-electron chi connectivity index (χ2n) is 5.07. The maximum absolute atomic E-state index is 5.92. The Morgan fingerprint density at radius 3 is 2.09 bits per heavy atom. The van der Waals surface area contributed by atoms with Crippen LogP contribution < -0.4 is 4.74 Å². The first kappa shape index (κ1) is 16.0. The smallest absolute Gasteiger partial charge is 0.130 e. The number of nitrogens with zero attached hydrogens (tertiary/aromatic N) is 1. The van der Waals surface area contributed by atoms with Crippen LogP contribution in [0.25, 0.3) is 11.1 Å². The molecule has 116 valence electrons. The van der Waals surface area contributed by atoms with E-state index in [1.54, 1.807) is 0 Å². The van der Waals surface area contributed by atoms with E-state index < -0.39 is 0 Å². The molecule has 0 bridgehead atoms. The van der Waals surface area contributed by atoms with Crippen molar-refractivity contribution >= 4 is 27.5 Å². The molecule has 3 aromatic rings. The molecule has 0 N–H and O–H groups in total. The average molecular weight is 389 g/mol. The lowest BCUT2D eigenvalue weighted by Gasteiger charge is -2.08. The third-order valence-corrected chi connectivity index (χ3v) is 4.25. The van der Waals surface area contributed by atoms with E-state index in [1.165, 1.54) is 0 Å². The number of hydrogen-bond acceptors (Lipinski definition) is 2. The van der Waals surface area contributed by atoms with Crippen molar-refractivity contribution in [1.82, 2.24) is 4.98 Å². The normalized spacial score (nSPS) is 10.5. The van der Waals surface area contributed by atoms with Crippen LogP contribution in [0.4, 0.5) is 0 Å². The molecule has 23 heavy (non-hydrogen) atoms. The van der Waals surface area contributed by atoms with Crippen LogP contribution in [0.5, 0.6) is 5.75 Å². The molecule has 2 aromatic carbocycles. The largest absolute Gasteiger partial charge is 0.487 e. The zero-order valence-electron chi connectivity index (χ0n) is 12.4. The van der Waals surface area contributed by atoms with E-state index in [4.69, 9.17) is 16.3 Å². The van der Waals surface area contributed by atoms with Gasteiger partial charge in [-0.1, -0.05) is 57.9 Å². The first-order valence-electron chi connectivity index (χ1n) is 7.24. The van der Waals surface area contributed by atoms with Gasteiger partial charge in [0.25, 0.3) is 0 Å². The summed E-state index contributed by atoms with van der Waals surface area (Å²) in [6.45, 7) is 0.459. The van der Waals surface area contributed by atoms with E-state index >= 15 is 0 Å². The third-order valence-electron chi connectivity index (χ3n) is 3.42. The first-order chi connectivity index (χ1) is 11.2. The van der Waals surface area contributed by atoms with Crippen LogP contribution in [0.1, 0.15) is 11.4 Å². The number of ether oxygens (including phenoxy) is 1. The van der Waals surface area contributed by atoms with E-state index in [0.717, 1.165) is 38.6 Å². The van der Waals surface area contributed by atoms with Crippen molar-refractivity contribution in [1.29, 1.82) is 0 Å². The molecule has 0 unspecified atom stereocenters. The van der Waals surface area contributed by atoms with Gasteiger partial charge in [-0.3, -0.25) is 4.98 Å². The van der Waals surface area contributed by atoms with E-state index in [9.17, 15) is 0 Å². The quantitative estimate of drug-likeness (QED) is 0.509. The molecule has 1 heterocycles. The first-order valence-corrected chi connectivity index (χ1v) is 8.74. The standard InChI is InChI=1S/C19H15BrClNO/c20-12-17-2-1-3-18(22-17)13-23-19-10-6-15(7-11-19)14-4-8-16(21)9-5-14/h1-11H,12-13H2. The number of aromatic nitrogens is 1. The minimum atomic E-state index is 0.459. The minimum absolute atomic E-state index is 0.459. The molecule has 0 saturated heterocycles. The number of halogens is 2. The van der Waals surface area contributed by atoms with Gasteiger partial charge in [-0.05, 0) is 47.5 Å². The van der Waals surface area contributed by atoms with Crippen molar-refractivity contribution in [3.63, 3.8) is 0 Å². The topological polar surface area (TPSA) is 22.1 Å². The summed E-state index contributed by atoms with van der Waals surface area (Å²) in [4.78, 5) is 4.50. The van der Waals surface area contributed by atoms with Gasteiger partial charge in [0.05, 0.1) is 11.4 Å². The van der Waals surface area contributed by atoms with Crippen molar-refractivity contribution in [2.75, 3.05) is 0 Å². The maximum Gasteiger partial charge on any atom is 0.130 e. The van der Waals surface area contributed by atoms with Crippen molar-refractivity contribution in [2.45, 2.75) is 11.9 Å². The molecule has 0 aliphatic heterocycles. The predicted molar refractivity (Wildman–Crippen MR) is 98.1 cm³/mol. The van der Waals surface area contributed by atoms with Crippen LogP contribution in [0.3, 0.4) is 0 Å². The van der Waals surface area contributed by atoms with Gasteiger partial charge in [-0.25, -0.2) is 0 Å². The van der Waals surface area contributed by atoms with Gasteiger partial charge in [0.1, 0.15) is 12.4 Å². The minimum Gasteiger partial charge on any atom is -0.487 e. The summed E-state index contributed by atoms with van der Waals surface area (Å²) < 4.78 is 5.80. The lowest BCUT2D eigenvalue weighted by molar-refractivity contribution is 0.301. The monoisotopic (exact) mass is 387 g/mol. The molecule has 0 radical (unpaired) electrons. The fourth-order valence-corrected chi connectivity index (χ4v) is 2.67. The van der Waals surface area contributed by atoms with Crippen LogP contribution in [0, 0.1) is 0 Å². The van der Waals surface area contributed by atoms with Crippen LogP contribution >= 0.6 is 27.5 Å². The van der Waals surface area contributed by atoms with E-state index in [2.05, 4.69) is 20.9 Å². The van der Waals surface area contributed by atoms with Crippen molar-refractivity contribution in [3.8, 4) is 16.9 Å². The maximum atomic E-state index is 5.92. The molecular weight excluding hydrogens is 374 g/mol. The molecule has 4 heteroatoms. The van der Waals surface area contributed by atoms with Gasteiger partial charge >= 0.3 is 0 Å². The van der Waals surface area contributed by atoms with Gasteiger partial charge in [0, 0.05) is 10.4 Å². The van der Waals surface area contributed by atoms with E-state index in [0.29, 0.717) is 6.61 Å². The Balaban J connectivity index is 1.66. The zero-order chi connectivity index (χ0) is 16.1. The van der Waals surface area contributed by atoms with Gasteiger partial charge in [0.15, 0.2) is 0 Å².